The molecule has 3 rings (SSSR count). The minimum atomic E-state index is -0.501. The van der Waals surface area contributed by atoms with Gasteiger partial charge < -0.3 is 24.4 Å². The zero-order valence-electron chi connectivity index (χ0n) is 16.6. The van der Waals surface area contributed by atoms with Crippen LogP contribution in [0.1, 0.15) is 19.3 Å². The minimum absolute atomic E-state index is 0.0376. The second-order valence-electron chi connectivity index (χ2n) is 6.70. The van der Waals surface area contributed by atoms with Crippen LogP contribution in [0.5, 0.6) is 11.5 Å². The first kappa shape index (κ1) is 20.5. The summed E-state index contributed by atoms with van der Waals surface area (Å²) in [5.41, 5.74) is 1.83. The van der Waals surface area contributed by atoms with Gasteiger partial charge >= 0.3 is 5.97 Å². The first-order chi connectivity index (χ1) is 14.2. The van der Waals surface area contributed by atoms with E-state index in [1.54, 1.807) is 19.2 Å². The maximum atomic E-state index is 12.0. The largest absolute Gasteiger partial charge is 0.493 e. The van der Waals surface area contributed by atoms with Gasteiger partial charge in [-0.3, -0.25) is 9.59 Å². The van der Waals surface area contributed by atoms with E-state index in [2.05, 4.69) is 10.2 Å². The molecule has 2 aromatic carbocycles. The molecule has 154 valence electrons. The lowest BCUT2D eigenvalue weighted by Crippen LogP contribution is -2.22. The fraction of sp³-hybridized carbons (Fsp3) is 0.364. The van der Waals surface area contributed by atoms with Crippen LogP contribution in [0.3, 0.4) is 0 Å². The van der Waals surface area contributed by atoms with Crippen molar-refractivity contribution in [2.75, 3.05) is 43.6 Å². The number of hydrogen-bond donors (Lipinski definition) is 1. The molecule has 2 aromatic rings. The predicted octanol–water partition coefficient (Wildman–Crippen LogP) is 3.25. The van der Waals surface area contributed by atoms with Crippen LogP contribution in [0.2, 0.25) is 0 Å². The van der Waals surface area contributed by atoms with Crippen LogP contribution in [0.4, 0.5) is 11.4 Å². The molecule has 0 spiro atoms. The molecule has 0 radical (unpaired) electrons. The second-order valence-corrected chi connectivity index (χ2v) is 6.70. The average molecular weight is 398 g/mol. The summed E-state index contributed by atoms with van der Waals surface area (Å²) >= 11 is 0. The number of carbonyl (C=O) groups excluding carboxylic acids is 2. The third-order valence-corrected chi connectivity index (χ3v) is 4.62. The first-order valence-electron chi connectivity index (χ1n) is 9.72. The van der Waals surface area contributed by atoms with Crippen molar-refractivity contribution in [1.29, 1.82) is 0 Å². The number of rotatable bonds is 9. The number of anilines is 2. The number of methoxy groups -OCH3 is 1. The van der Waals surface area contributed by atoms with E-state index in [-0.39, 0.29) is 25.5 Å². The molecular formula is C22H26N2O5. The van der Waals surface area contributed by atoms with Gasteiger partial charge in [-0.05, 0) is 49.2 Å². The Kier molecular flexibility index (Phi) is 7.33. The van der Waals surface area contributed by atoms with Crippen LogP contribution in [0, 0.1) is 0 Å². The summed E-state index contributed by atoms with van der Waals surface area (Å²) < 4.78 is 15.7. The predicted molar refractivity (Wildman–Crippen MR) is 111 cm³/mol. The fourth-order valence-electron chi connectivity index (χ4n) is 3.13. The Balaban J connectivity index is 1.36. The molecule has 1 heterocycles. The number of nitrogens with one attached hydrogen (secondary N) is 1. The minimum Gasteiger partial charge on any atom is -0.493 e. The number of carbonyl (C=O) groups is 2. The Bertz CT molecular complexity index is 816. The number of hydrogen-bond acceptors (Lipinski definition) is 6. The van der Waals surface area contributed by atoms with Crippen molar-refractivity contribution in [2.24, 2.45) is 0 Å². The van der Waals surface area contributed by atoms with Gasteiger partial charge in [-0.15, -0.1) is 0 Å². The number of ether oxygens (including phenoxy) is 3. The Labute approximate surface area is 170 Å². The van der Waals surface area contributed by atoms with Crippen LogP contribution < -0.4 is 19.7 Å². The molecule has 7 nitrogen and oxygen atoms in total. The van der Waals surface area contributed by atoms with E-state index < -0.39 is 5.97 Å². The molecule has 29 heavy (non-hydrogen) atoms. The molecule has 0 aliphatic carbocycles. The summed E-state index contributed by atoms with van der Waals surface area (Å²) in [7, 11) is 1.55. The monoisotopic (exact) mass is 398 g/mol. The lowest BCUT2D eigenvalue weighted by atomic mass is 10.2. The molecular weight excluding hydrogens is 372 g/mol. The van der Waals surface area contributed by atoms with Crippen molar-refractivity contribution in [2.45, 2.75) is 19.3 Å². The maximum absolute atomic E-state index is 12.0. The molecule has 0 saturated carbocycles. The van der Waals surface area contributed by atoms with E-state index in [4.69, 9.17) is 14.2 Å². The van der Waals surface area contributed by atoms with Crippen LogP contribution in [-0.2, 0) is 14.3 Å². The number of para-hydroxylation sites is 2. The van der Waals surface area contributed by atoms with E-state index in [1.807, 2.05) is 36.4 Å². The van der Waals surface area contributed by atoms with E-state index in [0.717, 1.165) is 18.8 Å². The Morgan fingerprint density at radius 1 is 1.00 bits per heavy atom. The molecule has 7 heteroatoms. The first-order valence-corrected chi connectivity index (χ1v) is 9.72. The molecule has 1 aliphatic heterocycles. The summed E-state index contributed by atoms with van der Waals surface area (Å²) in [4.78, 5) is 26.1. The van der Waals surface area contributed by atoms with Crippen molar-refractivity contribution >= 4 is 23.3 Å². The van der Waals surface area contributed by atoms with Gasteiger partial charge in [-0.2, -0.15) is 0 Å². The van der Waals surface area contributed by atoms with Gasteiger partial charge in [0, 0.05) is 24.5 Å². The normalized spacial score (nSPS) is 13.1. The second kappa shape index (κ2) is 10.4. The molecule has 0 bridgehead atoms. The van der Waals surface area contributed by atoms with E-state index >= 15 is 0 Å². The van der Waals surface area contributed by atoms with Gasteiger partial charge in [0.15, 0.2) is 18.1 Å². The van der Waals surface area contributed by atoms with Crippen LogP contribution in [0.15, 0.2) is 48.5 Å². The summed E-state index contributed by atoms with van der Waals surface area (Å²) in [5.74, 6) is 0.270. The van der Waals surface area contributed by atoms with Gasteiger partial charge in [-0.25, -0.2) is 0 Å². The summed E-state index contributed by atoms with van der Waals surface area (Å²) in [6.07, 6.45) is 2.47. The molecule has 1 saturated heterocycles. The van der Waals surface area contributed by atoms with Gasteiger partial charge in [-0.1, -0.05) is 12.1 Å². The van der Waals surface area contributed by atoms with Gasteiger partial charge in [0.25, 0.3) is 5.91 Å². The SMILES string of the molecule is COc1ccccc1OCCC(=O)OCC(=O)Nc1ccc(N2CCCC2)cc1. The lowest BCUT2D eigenvalue weighted by Gasteiger charge is -2.17. The smallest absolute Gasteiger partial charge is 0.309 e. The third-order valence-electron chi connectivity index (χ3n) is 4.62. The highest BCUT2D eigenvalue weighted by Gasteiger charge is 2.13. The topological polar surface area (TPSA) is 77.1 Å². The van der Waals surface area contributed by atoms with Crippen LogP contribution in [0.25, 0.3) is 0 Å². The van der Waals surface area contributed by atoms with Crippen molar-refractivity contribution in [3.8, 4) is 11.5 Å². The van der Waals surface area contributed by atoms with Crippen LogP contribution >= 0.6 is 0 Å². The number of amides is 1. The molecule has 1 N–H and O–H groups in total. The Morgan fingerprint density at radius 3 is 2.38 bits per heavy atom. The maximum Gasteiger partial charge on any atom is 0.309 e. The molecule has 0 aromatic heterocycles. The van der Waals surface area contributed by atoms with E-state index in [0.29, 0.717) is 17.2 Å². The highest BCUT2D eigenvalue weighted by Crippen LogP contribution is 2.25. The quantitative estimate of drug-likeness (QED) is 0.654. The zero-order valence-corrected chi connectivity index (χ0v) is 16.6. The summed E-state index contributed by atoms with van der Waals surface area (Å²) in [6.45, 7) is 1.95. The molecule has 0 atom stereocenters. The van der Waals surface area contributed by atoms with Crippen molar-refractivity contribution < 1.29 is 23.8 Å². The van der Waals surface area contributed by atoms with Crippen LogP contribution in [-0.4, -0.2) is 45.3 Å². The highest BCUT2D eigenvalue weighted by atomic mass is 16.5. The molecule has 1 fully saturated rings. The Hall–Kier alpha value is -3.22. The van der Waals surface area contributed by atoms with Crippen molar-refractivity contribution in [3.05, 3.63) is 48.5 Å². The van der Waals surface area contributed by atoms with E-state index in [1.165, 1.54) is 12.8 Å². The number of esters is 1. The zero-order chi connectivity index (χ0) is 20.5. The lowest BCUT2D eigenvalue weighted by molar-refractivity contribution is -0.147. The average Bonchev–Trinajstić information content (AvgIpc) is 3.28. The Morgan fingerprint density at radius 2 is 1.69 bits per heavy atom. The van der Waals surface area contributed by atoms with Crippen molar-refractivity contribution in [3.63, 3.8) is 0 Å². The molecule has 0 unspecified atom stereocenters. The molecule has 1 amide bonds. The molecule has 1 aliphatic rings. The summed E-state index contributed by atoms with van der Waals surface area (Å²) in [5, 5.41) is 2.73. The van der Waals surface area contributed by atoms with Gasteiger partial charge in [0.1, 0.15) is 0 Å². The number of nitrogens with zero attached hydrogens (tertiary/aromatic N) is 1. The highest BCUT2D eigenvalue weighted by molar-refractivity contribution is 5.92. The number of benzene rings is 2. The third kappa shape index (κ3) is 6.14. The standard InChI is InChI=1S/C22H26N2O5/c1-27-19-6-2-3-7-20(19)28-15-12-22(26)29-16-21(25)23-17-8-10-18(11-9-17)24-13-4-5-14-24/h2-3,6-11H,4-5,12-16H2,1H3,(H,23,25). The van der Waals surface area contributed by atoms with Gasteiger partial charge in [0.05, 0.1) is 20.1 Å². The van der Waals surface area contributed by atoms with Crippen molar-refractivity contribution in [1.82, 2.24) is 0 Å². The van der Waals surface area contributed by atoms with Gasteiger partial charge in [0.2, 0.25) is 0 Å². The fourth-order valence-corrected chi connectivity index (χ4v) is 3.13. The summed E-state index contributed by atoms with van der Waals surface area (Å²) in [6, 6.07) is 14.9. The van der Waals surface area contributed by atoms with E-state index in [9.17, 15) is 9.59 Å².